The van der Waals surface area contributed by atoms with Gasteiger partial charge in [-0.1, -0.05) is 18.2 Å². The topological polar surface area (TPSA) is 113 Å². The number of hydrogen-bond donors (Lipinski definition) is 1. The zero-order valence-electron chi connectivity index (χ0n) is 15.6. The van der Waals surface area contributed by atoms with Gasteiger partial charge in [0.25, 0.3) is 15.9 Å². The SMILES string of the molecule is CN(c1ccccc1)S(=O)(=O)c1ccc(C(=O)OCC(=O)N2CCNC2=O)cc1. The van der Waals surface area contributed by atoms with E-state index in [0.29, 0.717) is 12.2 Å². The molecule has 2 aromatic carbocycles. The molecule has 0 atom stereocenters. The summed E-state index contributed by atoms with van der Waals surface area (Å²) in [5.41, 5.74) is 0.588. The third kappa shape index (κ3) is 4.37. The van der Waals surface area contributed by atoms with Crippen molar-refractivity contribution in [3.8, 4) is 0 Å². The van der Waals surface area contributed by atoms with Gasteiger partial charge < -0.3 is 10.1 Å². The summed E-state index contributed by atoms with van der Waals surface area (Å²) in [6.07, 6.45) is 0. The molecule has 2 aromatic rings. The van der Waals surface area contributed by atoms with Gasteiger partial charge >= 0.3 is 12.0 Å². The highest BCUT2D eigenvalue weighted by atomic mass is 32.2. The quantitative estimate of drug-likeness (QED) is 0.707. The van der Waals surface area contributed by atoms with E-state index in [1.807, 2.05) is 0 Å². The standard InChI is InChI=1S/C19H19N3O6S/c1-21(15-5-3-2-4-6-15)29(26,27)16-9-7-14(8-10-16)18(24)28-13-17(23)22-12-11-20-19(22)25/h2-10H,11-13H2,1H3,(H,20,25). The minimum absolute atomic E-state index is 0.00483. The molecule has 0 aliphatic carbocycles. The second-order valence-corrected chi connectivity index (χ2v) is 8.16. The number of rotatable bonds is 6. The van der Waals surface area contributed by atoms with Crippen LogP contribution in [0.25, 0.3) is 0 Å². The van der Waals surface area contributed by atoms with Crippen LogP contribution in [-0.2, 0) is 19.6 Å². The van der Waals surface area contributed by atoms with Gasteiger partial charge in [-0.05, 0) is 36.4 Å². The summed E-state index contributed by atoms with van der Waals surface area (Å²) in [5.74, 6) is -1.42. The van der Waals surface area contributed by atoms with Crippen LogP contribution in [0, 0.1) is 0 Å². The van der Waals surface area contributed by atoms with Gasteiger partial charge in [-0.2, -0.15) is 0 Å². The van der Waals surface area contributed by atoms with Gasteiger partial charge in [0.05, 0.1) is 16.1 Å². The number of carbonyl (C=O) groups is 3. The molecule has 3 rings (SSSR count). The van der Waals surface area contributed by atoms with E-state index in [0.717, 1.165) is 9.21 Å². The number of nitrogens with one attached hydrogen (secondary N) is 1. The van der Waals surface area contributed by atoms with Crippen LogP contribution in [0.5, 0.6) is 0 Å². The number of amides is 3. The summed E-state index contributed by atoms with van der Waals surface area (Å²) >= 11 is 0. The molecule has 29 heavy (non-hydrogen) atoms. The van der Waals surface area contributed by atoms with Crippen molar-refractivity contribution in [3.63, 3.8) is 0 Å². The van der Waals surface area contributed by atoms with Gasteiger partial charge in [0.15, 0.2) is 6.61 Å². The van der Waals surface area contributed by atoms with Crippen LogP contribution in [0.1, 0.15) is 10.4 Å². The summed E-state index contributed by atoms with van der Waals surface area (Å²) in [5, 5.41) is 2.48. The normalized spacial score (nSPS) is 13.7. The number of ether oxygens (including phenoxy) is 1. The number of sulfonamides is 1. The van der Waals surface area contributed by atoms with Crippen LogP contribution in [0.4, 0.5) is 10.5 Å². The van der Waals surface area contributed by atoms with Crippen molar-refractivity contribution >= 4 is 33.6 Å². The molecule has 1 aliphatic rings. The minimum Gasteiger partial charge on any atom is -0.452 e. The van der Waals surface area contributed by atoms with Gasteiger partial charge in [0, 0.05) is 20.1 Å². The fourth-order valence-corrected chi connectivity index (χ4v) is 3.89. The molecular formula is C19H19N3O6S. The summed E-state index contributed by atoms with van der Waals surface area (Å²) < 4.78 is 31.5. The van der Waals surface area contributed by atoms with Gasteiger partial charge in [-0.25, -0.2) is 18.0 Å². The summed E-state index contributed by atoms with van der Waals surface area (Å²) in [7, 11) is -2.36. The van der Waals surface area contributed by atoms with E-state index < -0.39 is 34.5 Å². The highest BCUT2D eigenvalue weighted by Gasteiger charge is 2.27. The first-order valence-corrected chi connectivity index (χ1v) is 10.1. The zero-order valence-corrected chi connectivity index (χ0v) is 16.4. The van der Waals surface area contributed by atoms with Gasteiger partial charge in [-0.3, -0.25) is 14.0 Å². The fraction of sp³-hybridized carbons (Fsp3) is 0.211. The molecule has 0 saturated carbocycles. The Morgan fingerprint density at radius 3 is 2.34 bits per heavy atom. The molecule has 1 saturated heterocycles. The van der Waals surface area contributed by atoms with Crippen molar-refractivity contribution in [2.45, 2.75) is 4.90 Å². The molecule has 9 nitrogen and oxygen atoms in total. The number of esters is 1. The predicted octanol–water partition coefficient (Wildman–Crippen LogP) is 1.22. The monoisotopic (exact) mass is 417 g/mol. The van der Waals surface area contributed by atoms with Crippen molar-refractivity contribution in [2.75, 3.05) is 31.0 Å². The van der Waals surface area contributed by atoms with Crippen LogP contribution in [0.2, 0.25) is 0 Å². The molecule has 1 aliphatic heterocycles. The van der Waals surface area contributed by atoms with E-state index in [1.54, 1.807) is 30.3 Å². The number of nitrogens with zero attached hydrogens (tertiary/aromatic N) is 2. The Kier molecular flexibility index (Phi) is 5.83. The Labute approximate surface area is 167 Å². The molecule has 0 unspecified atom stereocenters. The fourth-order valence-electron chi connectivity index (χ4n) is 2.70. The van der Waals surface area contributed by atoms with E-state index in [-0.39, 0.29) is 17.0 Å². The molecule has 1 N–H and O–H groups in total. The van der Waals surface area contributed by atoms with Crippen LogP contribution in [-0.4, -0.2) is 58.0 Å². The molecule has 3 amide bonds. The molecule has 1 fully saturated rings. The second kappa shape index (κ2) is 8.31. The summed E-state index contributed by atoms with van der Waals surface area (Å²) in [4.78, 5) is 36.4. The Hall–Kier alpha value is -3.40. The number of carbonyl (C=O) groups excluding carboxylic acids is 3. The smallest absolute Gasteiger partial charge is 0.338 e. The molecule has 10 heteroatoms. The largest absolute Gasteiger partial charge is 0.452 e. The van der Waals surface area contributed by atoms with E-state index >= 15 is 0 Å². The average Bonchev–Trinajstić information content (AvgIpc) is 3.17. The summed E-state index contributed by atoms with van der Waals surface area (Å²) in [6, 6.07) is 13.3. The zero-order chi connectivity index (χ0) is 21.0. The Morgan fingerprint density at radius 2 is 1.76 bits per heavy atom. The molecule has 0 radical (unpaired) electrons. The second-order valence-electron chi connectivity index (χ2n) is 6.19. The van der Waals surface area contributed by atoms with Crippen molar-refractivity contribution < 1.29 is 27.5 Å². The maximum absolute atomic E-state index is 12.7. The Balaban J connectivity index is 1.65. The van der Waals surface area contributed by atoms with Gasteiger partial charge in [-0.15, -0.1) is 0 Å². The number of para-hydroxylation sites is 1. The molecule has 0 spiro atoms. The van der Waals surface area contributed by atoms with Crippen molar-refractivity contribution in [2.24, 2.45) is 0 Å². The number of urea groups is 1. The predicted molar refractivity (Wildman–Crippen MR) is 104 cm³/mol. The first kappa shape index (κ1) is 20.3. The van der Waals surface area contributed by atoms with Crippen molar-refractivity contribution in [1.29, 1.82) is 0 Å². The Bertz CT molecular complexity index is 1020. The van der Waals surface area contributed by atoms with E-state index in [1.165, 1.54) is 31.3 Å². The van der Waals surface area contributed by atoms with Crippen molar-refractivity contribution in [1.82, 2.24) is 10.2 Å². The number of imide groups is 1. The third-order valence-corrected chi connectivity index (χ3v) is 6.15. The molecular weight excluding hydrogens is 398 g/mol. The highest BCUT2D eigenvalue weighted by Crippen LogP contribution is 2.22. The highest BCUT2D eigenvalue weighted by molar-refractivity contribution is 7.92. The van der Waals surface area contributed by atoms with E-state index in [4.69, 9.17) is 4.74 Å². The molecule has 1 heterocycles. The van der Waals surface area contributed by atoms with Crippen LogP contribution in [0.3, 0.4) is 0 Å². The average molecular weight is 417 g/mol. The lowest BCUT2D eigenvalue weighted by atomic mass is 10.2. The third-order valence-electron chi connectivity index (χ3n) is 4.35. The van der Waals surface area contributed by atoms with Crippen LogP contribution < -0.4 is 9.62 Å². The Morgan fingerprint density at radius 1 is 1.10 bits per heavy atom. The number of benzene rings is 2. The first-order chi connectivity index (χ1) is 13.8. The van der Waals surface area contributed by atoms with E-state index in [9.17, 15) is 22.8 Å². The lowest BCUT2D eigenvalue weighted by Crippen LogP contribution is -2.37. The van der Waals surface area contributed by atoms with Crippen LogP contribution in [0.15, 0.2) is 59.5 Å². The molecule has 152 valence electrons. The van der Waals surface area contributed by atoms with Crippen molar-refractivity contribution in [3.05, 3.63) is 60.2 Å². The molecule has 0 bridgehead atoms. The van der Waals surface area contributed by atoms with Gasteiger partial charge in [0.2, 0.25) is 0 Å². The first-order valence-electron chi connectivity index (χ1n) is 8.70. The minimum atomic E-state index is -3.80. The number of anilines is 1. The lowest BCUT2D eigenvalue weighted by molar-refractivity contribution is -0.130. The number of hydrogen-bond acceptors (Lipinski definition) is 6. The summed E-state index contributed by atoms with van der Waals surface area (Å²) in [6.45, 7) is -0.00830. The maximum Gasteiger partial charge on any atom is 0.338 e. The lowest BCUT2D eigenvalue weighted by Gasteiger charge is -2.19. The van der Waals surface area contributed by atoms with Gasteiger partial charge in [0.1, 0.15) is 0 Å². The molecule has 0 aromatic heterocycles. The van der Waals surface area contributed by atoms with Crippen LogP contribution >= 0.6 is 0 Å². The maximum atomic E-state index is 12.7. The van der Waals surface area contributed by atoms with E-state index in [2.05, 4.69) is 5.32 Å².